The summed E-state index contributed by atoms with van der Waals surface area (Å²) >= 11 is 0. The molecule has 0 fully saturated rings. The van der Waals surface area contributed by atoms with Gasteiger partial charge in [-0.15, -0.1) is 0 Å². The van der Waals surface area contributed by atoms with Crippen molar-refractivity contribution >= 4 is 28.3 Å². The first-order chi connectivity index (χ1) is 13.7. The fourth-order valence-electron chi connectivity index (χ4n) is 4.06. The number of nitrogens with one attached hydrogen (secondary N) is 1. The van der Waals surface area contributed by atoms with E-state index >= 15 is 0 Å². The van der Waals surface area contributed by atoms with Gasteiger partial charge in [0.1, 0.15) is 16.9 Å². The second-order valence-electron chi connectivity index (χ2n) is 8.20. The number of ether oxygens (including phenoxy) is 1. The van der Waals surface area contributed by atoms with Crippen LogP contribution in [0.2, 0.25) is 0 Å². The molecule has 0 radical (unpaired) electrons. The molecular weight excluding hydrogens is 366 g/mol. The Morgan fingerprint density at radius 2 is 1.83 bits per heavy atom. The third kappa shape index (κ3) is 3.31. The molecule has 1 aliphatic heterocycles. The predicted molar refractivity (Wildman–Crippen MR) is 113 cm³/mol. The van der Waals surface area contributed by atoms with Crippen molar-refractivity contribution in [3.63, 3.8) is 0 Å². The predicted octanol–water partition coefficient (Wildman–Crippen LogP) is 5.74. The van der Waals surface area contributed by atoms with Crippen molar-refractivity contribution in [3.05, 3.63) is 58.3 Å². The number of Topliss-reactive ketones (excluding diaryl/α,β-unsaturated/α-hetero) is 1. The summed E-state index contributed by atoms with van der Waals surface area (Å²) in [5.74, 6) is 0.457. The fraction of sp³-hybridized carbons (Fsp3) is 0.333. The van der Waals surface area contributed by atoms with Crippen LogP contribution in [0.3, 0.4) is 0 Å². The van der Waals surface area contributed by atoms with Gasteiger partial charge in [-0.2, -0.15) is 0 Å². The van der Waals surface area contributed by atoms with Crippen molar-refractivity contribution < 1.29 is 18.7 Å². The zero-order valence-corrected chi connectivity index (χ0v) is 17.4. The number of rotatable bonds is 3. The topological polar surface area (TPSA) is 68.5 Å². The summed E-state index contributed by atoms with van der Waals surface area (Å²) in [5.41, 5.74) is 4.03. The number of carbonyl (C=O) groups is 2. The maximum absolute atomic E-state index is 12.9. The third-order valence-electron chi connectivity index (χ3n) is 5.66. The van der Waals surface area contributed by atoms with Crippen LogP contribution in [0.1, 0.15) is 64.3 Å². The van der Waals surface area contributed by atoms with Crippen molar-refractivity contribution in [2.45, 2.75) is 53.1 Å². The van der Waals surface area contributed by atoms with Gasteiger partial charge in [0, 0.05) is 16.6 Å². The van der Waals surface area contributed by atoms with Gasteiger partial charge in [-0.25, -0.2) is 0 Å². The van der Waals surface area contributed by atoms with E-state index in [1.807, 2.05) is 52.8 Å². The van der Waals surface area contributed by atoms with Crippen LogP contribution >= 0.6 is 0 Å². The summed E-state index contributed by atoms with van der Waals surface area (Å²) in [6, 6.07) is 9.39. The lowest BCUT2D eigenvalue weighted by Crippen LogP contribution is -2.38. The molecule has 1 aromatic heterocycles. The highest BCUT2D eigenvalue weighted by Gasteiger charge is 2.37. The van der Waals surface area contributed by atoms with Gasteiger partial charge in [0.05, 0.1) is 12.0 Å². The SMILES string of the molecule is CC[C@@]1(C)CC(=O)c2c(ccc3oc(C(=O)Nc4cc(C)cc(C)c4)c(C)c23)O1. The van der Waals surface area contributed by atoms with E-state index in [2.05, 4.69) is 5.32 Å². The van der Waals surface area contributed by atoms with Gasteiger partial charge >= 0.3 is 0 Å². The quantitative estimate of drug-likeness (QED) is 0.618. The van der Waals surface area contributed by atoms with Gasteiger partial charge in [-0.1, -0.05) is 13.0 Å². The molecule has 4 rings (SSSR count). The molecule has 150 valence electrons. The highest BCUT2D eigenvalue weighted by Crippen LogP contribution is 2.41. The van der Waals surface area contributed by atoms with E-state index in [9.17, 15) is 9.59 Å². The minimum Gasteiger partial charge on any atom is -0.486 e. The Bertz CT molecular complexity index is 1140. The molecule has 0 aliphatic carbocycles. The van der Waals surface area contributed by atoms with Crippen LogP contribution in [0.5, 0.6) is 5.75 Å². The Balaban J connectivity index is 1.76. The molecule has 0 saturated carbocycles. The van der Waals surface area contributed by atoms with Crippen molar-refractivity contribution in [2.75, 3.05) is 5.32 Å². The zero-order valence-electron chi connectivity index (χ0n) is 17.4. The molecule has 1 aliphatic rings. The first kappa shape index (κ1) is 19.2. The largest absolute Gasteiger partial charge is 0.486 e. The lowest BCUT2D eigenvalue weighted by molar-refractivity contribution is 0.0503. The Kier molecular flexibility index (Phi) is 4.49. The number of amides is 1. The normalized spacial score (nSPS) is 18.4. The van der Waals surface area contributed by atoms with Crippen molar-refractivity contribution in [1.82, 2.24) is 0 Å². The van der Waals surface area contributed by atoms with Gasteiger partial charge in [0.25, 0.3) is 5.91 Å². The number of ketones is 1. The summed E-state index contributed by atoms with van der Waals surface area (Å²) in [4.78, 5) is 25.9. The number of anilines is 1. The zero-order chi connectivity index (χ0) is 20.9. The van der Waals surface area contributed by atoms with E-state index in [0.717, 1.165) is 17.5 Å². The summed E-state index contributed by atoms with van der Waals surface area (Å²) in [6.45, 7) is 9.73. The van der Waals surface area contributed by atoms with Gasteiger partial charge in [-0.05, 0) is 69.5 Å². The molecule has 29 heavy (non-hydrogen) atoms. The van der Waals surface area contributed by atoms with E-state index in [1.165, 1.54) is 0 Å². The minimum atomic E-state index is -0.501. The average molecular weight is 391 g/mol. The van der Waals surface area contributed by atoms with Crippen LogP contribution < -0.4 is 10.1 Å². The summed E-state index contributed by atoms with van der Waals surface area (Å²) < 4.78 is 12.0. The number of furan rings is 1. The van der Waals surface area contributed by atoms with E-state index in [4.69, 9.17) is 9.15 Å². The Morgan fingerprint density at radius 1 is 1.14 bits per heavy atom. The molecule has 1 amide bonds. The van der Waals surface area contributed by atoms with Gasteiger partial charge in [0.15, 0.2) is 11.5 Å². The summed E-state index contributed by atoms with van der Waals surface area (Å²) in [6.07, 6.45) is 1.05. The van der Waals surface area contributed by atoms with Crippen LogP contribution in [0.25, 0.3) is 11.0 Å². The highest BCUT2D eigenvalue weighted by molar-refractivity contribution is 6.14. The van der Waals surface area contributed by atoms with E-state index in [1.54, 1.807) is 12.1 Å². The van der Waals surface area contributed by atoms with Gasteiger partial charge < -0.3 is 14.5 Å². The van der Waals surface area contributed by atoms with Crippen molar-refractivity contribution in [1.29, 1.82) is 0 Å². The van der Waals surface area contributed by atoms with Crippen LogP contribution in [0.4, 0.5) is 5.69 Å². The number of carbonyl (C=O) groups excluding carboxylic acids is 2. The molecule has 1 atom stereocenters. The third-order valence-corrected chi connectivity index (χ3v) is 5.66. The van der Waals surface area contributed by atoms with E-state index in [0.29, 0.717) is 40.0 Å². The first-order valence-corrected chi connectivity index (χ1v) is 9.89. The van der Waals surface area contributed by atoms with Crippen LogP contribution in [0, 0.1) is 20.8 Å². The second kappa shape index (κ2) is 6.76. The molecule has 3 aromatic rings. The fourth-order valence-corrected chi connectivity index (χ4v) is 4.06. The molecule has 0 spiro atoms. The Labute approximate surface area is 170 Å². The summed E-state index contributed by atoms with van der Waals surface area (Å²) in [7, 11) is 0. The van der Waals surface area contributed by atoms with Gasteiger partial charge in [0.2, 0.25) is 0 Å². The molecule has 5 nitrogen and oxygen atoms in total. The molecule has 0 unspecified atom stereocenters. The monoisotopic (exact) mass is 391 g/mol. The molecule has 0 bridgehead atoms. The molecule has 2 aromatic carbocycles. The van der Waals surface area contributed by atoms with Gasteiger partial charge in [-0.3, -0.25) is 9.59 Å². The minimum absolute atomic E-state index is 0.0198. The average Bonchev–Trinajstić information content (AvgIpc) is 2.97. The van der Waals surface area contributed by atoms with Crippen molar-refractivity contribution in [3.8, 4) is 5.75 Å². The van der Waals surface area contributed by atoms with Crippen molar-refractivity contribution in [2.24, 2.45) is 0 Å². The molecule has 5 heteroatoms. The lowest BCUT2D eigenvalue weighted by Gasteiger charge is -2.34. The maximum Gasteiger partial charge on any atom is 0.291 e. The van der Waals surface area contributed by atoms with E-state index in [-0.39, 0.29) is 17.5 Å². The summed E-state index contributed by atoms with van der Waals surface area (Å²) in [5, 5.41) is 3.57. The number of aryl methyl sites for hydroxylation is 3. The smallest absolute Gasteiger partial charge is 0.291 e. The first-order valence-electron chi connectivity index (χ1n) is 9.89. The number of hydrogen-bond acceptors (Lipinski definition) is 4. The molecule has 1 N–H and O–H groups in total. The highest BCUT2D eigenvalue weighted by atomic mass is 16.5. The standard InChI is InChI=1S/C24H25NO4/c1-6-24(5)12-17(26)21-19(29-24)8-7-18-20(21)15(4)22(28-18)23(27)25-16-10-13(2)9-14(3)11-16/h7-11H,6,12H2,1-5H3,(H,25,27)/t24-/m0/s1. The number of benzene rings is 2. The maximum atomic E-state index is 12.9. The van der Waals surface area contributed by atoms with Crippen LogP contribution in [-0.2, 0) is 0 Å². The molecule has 2 heterocycles. The number of fused-ring (bicyclic) bond motifs is 3. The molecule has 0 saturated heterocycles. The van der Waals surface area contributed by atoms with Crippen LogP contribution in [-0.4, -0.2) is 17.3 Å². The second-order valence-corrected chi connectivity index (χ2v) is 8.20. The Morgan fingerprint density at radius 3 is 2.48 bits per heavy atom. The lowest BCUT2D eigenvalue weighted by atomic mass is 9.87. The van der Waals surface area contributed by atoms with E-state index < -0.39 is 5.60 Å². The Hall–Kier alpha value is -3.08. The van der Waals surface area contributed by atoms with Crippen LogP contribution in [0.15, 0.2) is 34.7 Å². The number of hydrogen-bond donors (Lipinski definition) is 1. The molecular formula is C24H25NO4.